The fraction of sp³-hybridized carbons (Fsp3) is 0. The topological polar surface area (TPSA) is 12.9 Å². The molecule has 62 valence electrons. The Morgan fingerprint density at radius 2 is 2.08 bits per heavy atom. The van der Waals surface area contributed by atoms with Crippen molar-refractivity contribution in [2.75, 3.05) is 0 Å². The molecule has 2 heterocycles. The van der Waals surface area contributed by atoms with Crippen molar-refractivity contribution in [1.82, 2.24) is 4.98 Å². The first-order valence-electron chi connectivity index (χ1n) is 4.16. The average Bonchev–Trinajstić information content (AvgIpc) is 2.65. The Balaban J connectivity index is 2.65. The highest BCUT2D eigenvalue weighted by molar-refractivity contribution is 7.17. The molecule has 0 amide bonds. The summed E-state index contributed by atoms with van der Waals surface area (Å²) in [7, 11) is 0. The van der Waals surface area contributed by atoms with E-state index in [-0.39, 0.29) is 0 Å². The van der Waals surface area contributed by atoms with Gasteiger partial charge in [-0.05, 0) is 23.6 Å². The van der Waals surface area contributed by atoms with Crippen LogP contribution in [-0.2, 0) is 0 Å². The van der Waals surface area contributed by atoms with Crippen LogP contribution in [-0.4, -0.2) is 4.98 Å². The summed E-state index contributed by atoms with van der Waals surface area (Å²) in [5.41, 5.74) is 1.11. The summed E-state index contributed by atoms with van der Waals surface area (Å²) < 4.78 is 1.31. The highest BCUT2D eigenvalue weighted by atomic mass is 32.1. The Morgan fingerprint density at radius 3 is 3.08 bits per heavy atom. The summed E-state index contributed by atoms with van der Waals surface area (Å²) in [5, 5.41) is 4.59. The smallest absolute Gasteiger partial charge is 0.0788 e. The van der Waals surface area contributed by atoms with Gasteiger partial charge in [-0.2, -0.15) is 0 Å². The lowest BCUT2D eigenvalue weighted by Crippen LogP contribution is -1.76. The number of hydrogen-bond donors (Lipinski definition) is 0. The first-order valence-corrected chi connectivity index (χ1v) is 5.04. The first-order chi connectivity index (χ1) is 6.45. The van der Waals surface area contributed by atoms with Gasteiger partial charge in [0.1, 0.15) is 0 Å². The minimum atomic E-state index is 1.11. The fourth-order valence-electron chi connectivity index (χ4n) is 1.59. The molecule has 0 N–H and O–H groups in total. The third kappa shape index (κ3) is 0.956. The largest absolute Gasteiger partial charge is 0.256 e. The summed E-state index contributed by atoms with van der Waals surface area (Å²) in [6.07, 6.45) is 1.85. The molecule has 0 saturated heterocycles. The second-order valence-electron chi connectivity index (χ2n) is 2.97. The van der Waals surface area contributed by atoms with Gasteiger partial charge >= 0.3 is 0 Å². The molecule has 0 spiro atoms. The molecular formula is C11H7NS. The normalized spacial score (nSPS) is 11.1. The summed E-state index contributed by atoms with van der Waals surface area (Å²) in [6.45, 7) is 0. The van der Waals surface area contributed by atoms with Gasteiger partial charge in [-0.1, -0.05) is 12.1 Å². The third-order valence-corrected chi connectivity index (χ3v) is 3.09. The number of nitrogens with zero attached hydrogens (tertiary/aromatic N) is 1. The minimum Gasteiger partial charge on any atom is -0.256 e. The lowest BCUT2D eigenvalue weighted by Gasteiger charge is -1.96. The molecule has 13 heavy (non-hydrogen) atoms. The lowest BCUT2D eigenvalue weighted by atomic mass is 10.1. The van der Waals surface area contributed by atoms with E-state index in [0.717, 1.165) is 5.52 Å². The van der Waals surface area contributed by atoms with Crippen molar-refractivity contribution in [2.24, 2.45) is 0 Å². The molecule has 0 bridgehead atoms. The molecule has 1 nitrogen and oxygen atoms in total. The van der Waals surface area contributed by atoms with Crippen molar-refractivity contribution < 1.29 is 0 Å². The summed E-state index contributed by atoms with van der Waals surface area (Å²) in [5.74, 6) is 0. The first kappa shape index (κ1) is 7.04. The zero-order chi connectivity index (χ0) is 8.67. The molecule has 0 aliphatic rings. The van der Waals surface area contributed by atoms with Crippen molar-refractivity contribution in [3.8, 4) is 0 Å². The molecule has 0 unspecified atom stereocenters. The molecule has 0 saturated carbocycles. The van der Waals surface area contributed by atoms with E-state index in [1.165, 1.54) is 15.5 Å². The Labute approximate surface area is 79.7 Å². The van der Waals surface area contributed by atoms with Crippen LogP contribution >= 0.6 is 11.3 Å². The van der Waals surface area contributed by atoms with Crippen LogP contribution in [0, 0.1) is 0 Å². The minimum absolute atomic E-state index is 1.11. The van der Waals surface area contributed by atoms with Crippen molar-refractivity contribution in [3.05, 3.63) is 41.9 Å². The number of aromatic nitrogens is 1. The van der Waals surface area contributed by atoms with E-state index in [0.29, 0.717) is 0 Å². The van der Waals surface area contributed by atoms with Crippen LogP contribution in [0.5, 0.6) is 0 Å². The van der Waals surface area contributed by atoms with Gasteiger partial charge in [0.15, 0.2) is 0 Å². The van der Waals surface area contributed by atoms with E-state index in [1.807, 2.05) is 12.3 Å². The Bertz CT molecular complexity index is 568. The SMILES string of the molecule is c1cnc2c(c1)ccc1sccc12. The van der Waals surface area contributed by atoms with Gasteiger partial charge in [0.25, 0.3) is 0 Å². The van der Waals surface area contributed by atoms with Gasteiger partial charge < -0.3 is 0 Å². The van der Waals surface area contributed by atoms with Crippen LogP contribution in [0.4, 0.5) is 0 Å². The van der Waals surface area contributed by atoms with E-state index < -0.39 is 0 Å². The van der Waals surface area contributed by atoms with E-state index in [2.05, 4.69) is 34.6 Å². The standard InChI is InChI=1S/C11H7NS/c1-2-8-3-4-10-9(5-7-13-10)11(8)12-6-1/h1-7H. The third-order valence-electron chi connectivity index (χ3n) is 2.20. The zero-order valence-corrected chi connectivity index (χ0v) is 7.71. The van der Waals surface area contributed by atoms with Crippen molar-refractivity contribution in [3.63, 3.8) is 0 Å². The summed E-state index contributed by atoms with van der Waals surface area (Å²) in [4.78, 5) is 4.39. The van der Waals surface area contributed by atoms with Crippen LogP contribution < -0.4 is 0 Å². The summed E-state index contributed by atoms with van der Waals surface area (Å²) in [6, 6.07) is 10.5. The monoisotopic (exact) mass is 185 g/mol. The predicted molar refractivity (Wildman–Crippen MR) is 57.1 cm³/mol. The van der Waals surface area contributed by atoms with Gasteiger partial charge in [0.05, 0.1) is 5.52 Å². The van der Waals surface area contributed by atoms with E-state index >= 15 is 0 Å². The Kier molecular flexibility index (Phi) is 1.37. The van der Waals surface area contributed by atoms with Crippen LogP contribution in [0.1, 0.15) is 0 Å². The molecule has 3 rings (SSSR count). The van der Waals surface area contributed by atoms with E-state index in [4.69, 9.17) is 0 Å². The van der Waals surface area contributed by atoms with Gasteiger partial charge in [0.2, 0.25) is 0 Å². The molecule has 0 radical (unpaired) electrons. The Hall–Kier alpha value is -1.41. The number of pyridine rings is 1. The van der Waals surface area contributed by atoms with Gasteiger partial charge in [-0.15, -0.1) is 11.3 Å². The van der Waals surface area contributed by atoms with E-state index in [1.54, 1.807) is 11.3 Å². The maximum absolute atomic E-state index is 4.39. The molecule has 2 heteroatoms. The molecule has 0 aliphatic heterocycles. The number of thiophene rings is 1. The second kappa shape index (κ2) is 2.54. The summed E-state index contributed by atoms with van der Waals surface area (Å²) >= 11 is 1.76. The quantitative estimate of drug-likeness (QED) is 0.522. The number of hydrogen-bond acceptors (Lipinski definition) is 2. The lowest BCUT2D eigenvalue weighted by molar-refractivity contribution is 1.43. The molecule has 0 fully saturated rings. The van der Waals surface area contributed by atoms with Crippen molar-refractivity contribution in [2.45, 2.75) is 0 Å². The van der Waals surface area contributed by atoms with Crippen LogP contribution in [0.15, 0.2) is 41.9 Å². The average molecular weight is 185 g/mol. The number of benzene rings is 1. The van der Waals surface area contributed by atoms with Crippen LogP contribution in [0.25, 0.3) is 21.0 Å². The molecule has 0 aliphatic carbocycles. The van der Waals surface area contributed by atoms with Gasteiger partial charge in [-0.25, -0.2) is 0 Å². The fourth-order valence-corrected chi connectivity index (χ4v) is 2.38. The van der Waals surface area contributed by atoms with Gasteiger partial charge in [0, 0.05) is 21.7 Å². The van der Waals surface area contributed by atoms with Crippen LogP contribution in [0.2, 0.25) is 0 Å². The number of rotatable bonds is 0. The molecular weight excluding hydrogens is 178 g/mol. The maximum Gasteiger partial charge on any atom is 0.0788 e. The number of fused-ring (bicyclic) bond motifs is 3. The van der Waals surface area contributed by atoms with Crippen LogP contribution in [0.3, 0.4) is 0 Å². The molecule has 0 atom stereocenters. The second-order valence-corrected chi connectivity index (χ2v) is 3.92. The zero-order valence-electron chi connectivity index (χ0n) is 6.90. The van der Waals surface area contributed by atoms with E-state index in [9.17, 15) is 0 Å². The predicted octanol–water partition coefficient (Wildman–Crippen LogP) is 3.45. The van der Waals surface area contributed by atoms with Crippen molar-refractivity contribution >= 4 is 32.3 Å². The highest BCUT2D eigenvalue weighted by Gasteiger charge is 2.00. The van der Waals surface area contributed by atoms with Crippen molar-refractivity contribution in [1.29, 1.82) is 0 Å². The Morgan fingerprint density at radius 1 is 1.08 bits per heavy atom. The molecule has 2 aromatic heterocycles. The molecule has 1 aromatic carbocycles. The maximum atomic E-state index is 4.39. The molecule has 3 aromatic rings. The highest BCUT2D eigenvalue weighted by Crippen LogP contribution is 2.27. The van der Waals surface area contributed by atoms with Gasteiger partial charge in [-0.3, -0.25) is 4.98 Å².